The average molecular weight is 436 g/mol. The van der Waals surface area contributed by atoms with E-state index in [2.05, 4.69) is 0 Å². The summed E-state index contributed by atoms with van der Waals surface area (Å²) >= 11 is 0. The first kappa shape index (κ1) is 23.3. The van der Waals surface area contributed by atoms with Crippen LogP contribution in [0.15, 0.2) is 66.7 Å². The lowest BCUT2D eigenvalue weighted by molar-refractivity contribution is -0.152. The van der Waals surface area contributed by atoms with Gasteiger partial charge in [0, 0.05) is 5.92 Å². The highest BCUT2D eigenvalue weighted by molar-refractivity contribution is 6.00. The molecule has 1 aliphatic rings. The Hall–Kier alpha value is -3.41. The van der Waals surface area contributed by atoms with Crippen molar-refractivity contribution >= 4 is 24.0 Å². The van der Waals surface area contributed by atoms with Crippen LogP contribution in [0.3, 0.4) is 0 Å². The van der Waals surface area contributed by atoms with E-state index in [1.54, 1.807) is 20.8 Å². The molecule has 2 aromatic rings. The zero-order valence-corrected chi connectivity index (χ0v) is 18.7. The molecule has 0 aromatic heterocycles. The number of carbonyl (C=O) groups is 3. The van der Waals surface area contributed by atoms with E-state index >= 15 is 0 Å². The molecule has 1 aliphatic heterocycles. The Kier molecular flexibility index (Phi) is 7.46. The van der Waals surface area contributed by atoms with Gasteiger partial charge in [-0.05, 0) is 44.7 Å². The van der Waals surface area contributed by atoms with Crippen molar-refractivity contribution in [2.45, 2.75) is 51.9 Å². The summed E-state index contributed by atoms with van der Waals surface area (Å²) < 4.78 is 10.8. The van der Waals surface area contributed by atoms with Crippen LogP contribution >= 0.6 is 0 Å². The molecule has 1 saturated heterocycles. The normalized spacial score (nSPS) is 18.7. The third-order valence-electron chi connectivity index (χ3n) is 5.02. The van der Waals surface area contributed by atoms with Crippen LogP contribution in [0.5, 0.6) is 0 Å². The third kappa shape index (κ3) is 6.30. The number of likely N-dealkylation sites (tertiary alicyclic amines) is 1. The molecular formula is C26H29NO5. The fourth-order valence-corrected chi connectivity index (χ4v) is 3.51. The standard InChI is InChI=1S/C26H29NO5/c1-26(2,3)32-25(30)27-22(24(29)31-18-20-13-8-5-9-14-20)17-21(23(27)28)16-10-15-19-11-6-4-7-12-19/h4-15,21-22H,16-18H2,1-3H3/b15-10+. The molecule has 1 fully saturated rings. The second kappa shape index (κ2) is 10.3. The smallest absolute Gasteiger partial charge is 0.417 e. The number of esters is 1. The minimum absolute atomic E-state index is 0.0745. The van der Waals surface area contributed by atoms with Crippen molar-refractivity contribution in [2.24, 2.45) is 5.92 Å². The van der Waals surface area contributed by atoms with Gasteiger partial charge >= 0.3 is 12.1 Å². The Morgan fingerprint density at radius 3 is 2.28 bits per heavy atom. The van der Waals surface area contributed by atoms with Crippen LogP contribution < -0.4 is 0 Å². The highest BCUT2D eigenvalue weighted by atomic mass is 16.6. The zero-order valence-electron chi connectivity index (χ0n) is 18.7. The van der Waals surface area contributed by atoms with Gasteiger partial charge in [0.2, 0.25) is 5.91 Å². The maximum absolute atomic E-state index is 13.0. The van der Waals surface area contributed by atoms with Gasteiger partial charge in [0.25, 0.3) is 0 Å². The van der Waals surface area contributed by atoms with Gasteiger partial charge in [-0.2, -0.15) is 0 Å². The maximum Gasteiger partial charge on any atom is 0.417 e. The molecule has 168 valence electrons. The first-order valence-corrected chi connectivity index (χ1v) is 10.7. The highest BCUT2D eigenvalue weighted by Gasteiger charge is 2.48. The Morgan fingerprint density at radius 2 is 1.66 bits per heavy atom. The summed E-state index contributed by atoms with van der Waals surface area (Å²) in [7, 11) is 0. The average Bonchev–Trinajstić information content (AvgIpc) is 3.09. The number of hydrogen-bond acceptors (Lipinski definition) is 5. The maximum atomic E-state index is 13.0. The summed E-state index contributed by atoms with van der Waals surface area (Å²) in [5.41, 5.74) is 1.05. The highest BCUT2D eigenvalue weighted by Crippen LogP contribution is 2.30. The van der Waals surface area contributed by atoms with Crippen LogP contribution in [0, 0.1) is 5.92 Å². The summed E-state index contributed by atoms with van der Waals surface area (Å²) in [5.74, 6) is -1.53. The minimum Gasteiger partial charge on any atom is -0.459 e. The Labute approximate surface area is 188 Å². The van der Waals surface area contributed by atoms with Gasteiger partial charge in [-0.1, -0.05) is 72.8 Å². The summed E-state index contributed by atoms with van der Waals surface area (Å²) in [4.78, 5) is 39.6. The van der Waals surface area contributed by atoms with Crippen molar-refractivity contribution in [1.82, 2.24) is 4.90 Å². The summed E-state index contributed by atoms with van der Waals surface area (Å²) in [6.45, 7) is 5.22. The van der Waals surface area contributed by atoms with E-state index in [9.17, 15) is 14.4 Å². The van der Waals surface area contributed by atoms with E-state index in [0.29, 0.717) is 6.42 Å². The van der Waals surface area contributed by atoms with E-state index in [-0.39, 0.29) is 13.0 Å². The molecule has 2 unspecified atom stereocenters. The number of nitrogens with zero attached hydrogens (tertiary/aromatic N) is 1. The van der Waals surface area contributed by atoms with Crippen LogP contribution in [0.2, 0.25) is 0 Å². The van der Waals surface area contributed by atoms with Crippen LogP contribution in [0.1, 0.15) is 44.7 Å². The Morgan fingerprint density at radius 1 is 1.03 bits per heavy atom. The van der Waals surface area contributed by atoms with Crippen molar-refractivity contribution < 1.29 is 23.9 Å². The third-order valence-corrected chi connectivity index (χ3v) is 5.02. The predicted molar refractivity (Wildman–Crippen MR) is 121 cm³/mol. The number of benzene rings is 2. The van der Waals surface area contributed by atoms with Gasteiger partial charge in [-0.3, -0.25) is 4.79 Å². The Balaban J connectivity index is 1.72. The number of allylic oxidation sites excluding steroid dienone is 1. The topological polar surface area (TPSA) is 72.9 Å². The van der Waals surface area contributed by atoms with E-state index in [0.717, 1.165) is 16.0 Å². The molecule has 0 bridgehead atoms. The van der Waals surface area contributed by atoms with E-state index in [1.807, 2.05) is 72.8 Å². The number of imide groups is 1. The van der Waals surface area contributed by atoms with Crippen molar-refractivity contribution in [3.63, 3.8) is 0 Å². The summed E-state index contributed by atoms with van der Waals surface area (Å²) in [6, 6.07) is 18.0. The molecule has 2 atom stereocenters. The molecule has 2 amide bonds. The van der Waals surface area contributed by atoms with E-state index in [1.165, 1.54) is 0 Å². The van der Waals surface area contributed by atoms with Gasteiger partial charge in [-0.25, -0.2) is 14.5 Å². The van der Waals surface area contributed by atoms with Crippen molar-refractivity contribution in [1.29, 1.82) is 0 Å². The SMILES string of the molecule is CC(C)(C)OC(=O)N1C(=O)C(C/C=C/c2ccccc2)CC1C(=O)OCc1ccccc1. The number of hydrogen-bond donors (Lipinski definition) is 0. The molecule has 6 nitrogen and oxygen atoms in total. The fourth-order valence-electron chi connectivity index (χ4n) is 3.51. The number of ether oxygens (including phenoxy) is 2. The van der Waals surface area contributed by atoms with Gasteiger partial charge in [0.05, 0.1) is 0 Å². The number of carbonyl (C=O) groups excluding carboxylic acids is 3. The quantitative estimate of drug-likeness (QED) is 0.598. The number of rotatable bonds is 6. The molecular weight excluding hydrogens is 406 g/mol. The first-order chi connectivity index (χ1) is 15.2. The molecule has 0 aliphatic carbocycles. The number of amides is 2. The van der Waals surface area contributed by atoms with Gasteiger partial charge in [0.15, 0.2) is 0 Å². The zero-order chi connectivity index (χ0) is 23.1. The van der Waals surface area contributed by atoms with Gasteiger partial charge in [-0.15, -0.1) is 0 Å². The van der Waals surface area contributed by atoms with Crippen molar-refractivity contribution in [3.05, 3.63) is 77.9 Å². The molecule has 6 heteroatoms. The first-order valence-electron chi connectivity index (χ1n) is 10.7. The van der Waals surface area contributed by atoms with Crippen LogP contribution in [-0.2, 0) is 25.7 Å². The van der Waals surface area contributed by atoms with E-state index < -0.39 is 35.5 Å². The van der Waals surface area contributed by atoms with Crippen LogP contribution in [0.4, 0.5) is 4.79 Å². The van der Waals surface area contributed by atoms with E-state index in [4.69, 9.17) is 9.47 Å². The molecule has 0 radical (unpaired) electrons. The van der Waals surface area contributed by atoms with Crippen LogP contribution in [-0.4, -0.2) is 34.5 Å². The lowest BCUT2D eigenvalue weighted by atomic mass is 10.0. The lowest BCUT2D eigenvalue weighted by Gasteiger charge is -2.26. The summed E-state index contributed by atoms with van der Waals surface area (Å²) in [5, 5.41) is 0. The van der Waals surface area contributed by atoms with Crippen molar-refractivity contribution in [2.75, 3.05) is 0 Å². The van der Waals surface area contributed by atoms with Gasteiger partial charge < -0.3 is 9.47 Å². The Bertz CT molecular complexity index is 963. The summed E-state index contributed by atoms with van der Waals surface area (Å²) in [6.07, 6.45) is 3.61. The van der Waals surface area contributed by atoms with Crippen LogP contribution in [0.25, 0.3) is 6.08 Å². The lowest BCUT2D eigenvalue weighted by Crippen LogP contribution is -2.46. The predicted octanol–water partition coefficient (Wildman–Crippen LogP) is 4.99. The monoisotopic (exact) mass is 435 g/mol. The molecule has 32 heavy (non-hydrogen) atoms. The minimum atomic E-state index is -1.00. The fraction of sp³-hybridized carbons (Fsp3) is 0.346. The second-order valence-electron chi connectivity index (χ2n) is 8.78. The molecule has 0 saturated carbocycles. The molecule has 3 rings (SSSR count). The molecule has 2 aromatic carbocycles. The molecule has 0 spiro atoms. The molecule has 1 heterocycles. The van der Waals surface area contributed by atoms with Crippen molar-refractivity contribution in [3.8, 4) is 0 Å². The second-order valence-corrected chi connectivity index (χ2v) is 8.78. The van der Waals surface area contributed by atoms with Gasteiger partial charge in [0.1, 0.15) is 18.2 Å². The molecule has 0 N–H and O–H groups in total. The largest absolute Gasteiger partial charge is 0.459 e.